The van der Waals surface area contributed by atoms with Crippen molar-refractivity contribution in [3.05, 3.63) is 108 Å². The second-order valence-electron chi connectivity index (χ2n) is 6.32. The first kappa shape index (κ1) is 16.1. The molecule has 4 aromatic carbocycles. The molecule has 0 amide bonds. The molecule has 0 radical (unpaired) electrons. The van der Waals surface area contributed by atoms with Gasteiger partial charge in [0, 0.05) is 0 Å². The standard InChI is InChI=1S/C13H10.C11H8O2/c1-3-7-12-10(5-1)9-11-6-2-4-8-13(11)12;12-11(13)10-7-3-5-8-4-1-2-6-9(8)10/h1-8H,9H2;1-7H,(H,12,13). The van der Waals surface area contributed by atoms with Crippen LogP contribution in [0.15, 0.2) is 91.0 Å². The number of hydrogen-bond donors (Lipinski definition) is 1. The largest absolute Gasteiger partial charge is 0.478 e. The summed E-state index contributed by atoms with van der Waals surface area (Å²) < 4.78 is 0. The summed E-state index contributed by atoms with van der Waals surface area (Å²) >= 11 is 0. The molecule has 0 fully saturated rings. The van der Waals surface area contributed by atoms with Crippen LogP contribution in [0.25, 0.3) is 21.9 Å². The fraction of sp³-hybridized carbons (Fsp3) is 0.0417. The first-order valence-electron chi connectivity index (χ1n) is 8.61. The lowest BCUT2D eigenvalue weighted by Crippen LogP contribution is -1.96. The topological polar surface area (TPSA) is 37.3 Å². The number of hydrogen-bond acceptors (Lipinski definition) is 1. The Bertz CT molecular complexity index is 1050. The third kappa shape index (κ3) is 2.98. The average Bonchev–Trinajstić information content (AvgIpc) is 3.07. The highest BCUT2D eigenvalue weighted by Crippen LogP contribution is 2.35. The van der Waals surface area contributed by atoms with Crippen molar-refractivity contribution in [2.45, 2.75) is 6.42 Å². The maximum atomic E-state index is 10.8. The molecule has 5 rings (SSSR count). The molecule has 0 unspecified atom stereocenters. The monoisotopic (exact) mass is 338 g/mol. The van der Waals surface area contributed by atoms with Crippen LogP contribution in [0.3, 0.4) is 0 Å². The molecule has 4 aromatic rings. The molecular weight excluding hydrogens is 320 g/mol. The summed E-state index contributed by atoms with van der Waals surface area (Å²) in [7, 11) is 0. The van der Waals surface area contributed by atoms with Crippen LogP contribution in [-0.2, 0) is 6.42 Å². The first-order valence-corrected chi connectivity index (χ1v) is 8.61. The van der Waals surface area contributed by atoms with Gasteiger partial charge in [-0.1, -0.05) is 84.9 Å². The molecule has 1 N–H and O–H groups in total. The molecule has 26 heavy (non-hydrogen) atoms. The smallest absolute Gasteiger partial charge is 0.336 e. The SMILES string of the molecule is O=C(O)c1cccc2ccccc12.c1ccc2c(c1)Cc1ccccc1-2. The van der Waals surface area contributed by atoms with Gasteiger partial charge in [0.2, 0.25) is 0 Å². The Labute approximate surface area is 152 Å². The molecule has 126 valence electrons. The van der Waals surface area contributed by atoms with Gasteiger partial charge in [-0.15, -0.1) is 0 Å². The van der Waals surface area contributed by atoms with Crippen molar-refractivity contribution in [3.63, 3.8) is 0 Å². The minimum absolute atomic E-state index is 0.359. The highest BCUT2D eigenvalue weighted by atomic mass is 16.4. The third-order valence-electron chi connectivity index (χ3n) is 4.73. The minimum Gasteiger partial charge on any atom is -0.478 e. The van der Waals surface area contributed by atoms with Crippen molar-refractivity contribution in [3.8, 4) is 11.1 Å². The van der Waals surface area contributed by atoms with Crippen molar-refractivity contribution in [2.24, 2.45) is 0 Å². The number of fused-ring (bicyclic) bond motifs is 4. The van der Waals surface area contributed by atoms with Crippen molar-refractivity contribution in [1.29, 1.82) is 0 Å². The first-order chi connectivity index (χ1) is 12.7. The quantitative estimate of drug-likeness (QED) is 0.420. The molecule has 2 nitrogen and oxygen atoms in total. The summed E-state index contributed by atoms with van der Waals surface area (Å²) in [6, 6.07) is 30.0. The van der Waals surface area contributed by atoms with Crippen molar-refractivity contribution >= 4 is 16.7 Å². The average molecular weight is 338 g/mol. The van der Waals surface area contributed by atoms with Crippen LogP contribution in [0.2, 0.25) is 0 Å². The van der Waals surface area contributed by atoms with Gasteiger partial charge in [0.25, 0.3) is 0 Å². The van der Waals surface area contributed by atoms with Crippen LogP contribution in [0.5, 0.6) is 0 Å². The number of benzene rings is 4. The summed E-state index contributed by atoms with van der Waals surface area (Å²) in [6.45, 7) is 0. The molecule has 0 spiro atoms. The van der Waals surface area contributed by atoms with Gasteiger partial charge < -0.3 is 5.11 Å². The fourth-order valence-corrected chi connectivity index (χ4v) is 3.49. The zero-order chi connectivity index (χ0) is 17.9. The molecule has 2 heteroatoms. The van der Waals surface area contributed by atoms with E-state index in [4.69, 9.17) is 5.11 Å². The Morgan fingerprint density at radius 1 is 0.654 bits per heavy atom. The van der Waals surface area contributed by atoms with Crippen LogP contribution in [0, 0.1) is 0 Å². The van der Waals surface area contributed by atoms with E-state index in [1.54, 1.807) is 12.1 Å². The summed E-state index contributed by atoms with van der Waals surface area (Å²) in [6.07, 6.45) is 1.10. The Morgan fingerprint density at radius 2 is 1.19 bits per heavy atom. The molecule has 1 aliphatic carbocycles. The van der Waals surface area contributed by atoms with Gasteiger partial charge in [-0.3, -0.25) is 0 Å². The van der Waals surface area contributed by atoms with E-state index in [1.165, 1.54) is 22.3 Å². The lowest BCUT2D eigenvalue weighted by Gasteiger charge is -2.00. The van der Waals surface area contributed by atoms with Gasteiger partial charge in [-0.2, -0.15) is 0 Å². The predicted octanol–water partition coefficient (Wildman–Crippen LogP) is 5.80. The maximum Gasteiger partial charge on any atom is 0.336 e. The van der Waals surface area contributed by atoms with E-state index >= 15 is 0 Å². The lowest BCUT2D eigenvalue weighted by atomic mass is 10.1. The Hall–Kier alpha value is -3.39. The fourth-order valence-electron chi connectivity index (χ4n) is 3.49. The summed E-state index contributed by atoms with van der Waals surface area (Å²) in [5.74, 6) is -0.878. The molecule has 0 heterocycles. The van der Waals surface area contributed by atoms with E-state index in [0.717, 1.165) is 17.2 Å². The number of carboxylic acids is 1. The van der Waals surface area contributed by atoms with Crippen LogP contribution in [0.4, 0.5) is 0 Å². The van der Waals surface area contributed by atoms with Crippen LogP contribution >= 0.6 is 0 Å². The Kier molecular flexibility index (Phi) is 4.24. The highest BCUT2D eigenvalue weighted by molar-refractivity contribution is 6.03. The number of carbonyl (C=O) groups is 1. The van der Waals surface area contributed by atoms with Gasteiger partial charge >= 0.3 is 5.97 Å². The molecule has 0 aromatic heterocycles. The van der Waals surface area contributed by atoms with Crippen LogP contribution < -0.4 is 0 Å². The summed E-state index contributed by atoms with van der Waals surface area (Å²) in [5.41, 5.74) is 6.11. The van der Waals surface area contributed by atoms with E-state index in [0.29, 0.717) is 5.56 Å². The maximum absolute atomic E-state index is 10.8. The summed E-state index contributed by atoms with van der Waals surface area (Å²) in [5, 5.41) is 10.6. The van der Waals surface area contributed by atoms with E-state index in [2.05, 4.69) is 48.5 Å². The second kappa shape index (κ2) is 6.85. The van der Waals surface area contributed by atoms with Gasteiger partial charge in [0.05, 0.1) is 5.56 Å². The van der Waals surface area contributed by atoms with Gasteiger partial charge in [-0.25, -0.2) is 4.79 Å². The molecular formula is C24H18O2. The number of carboxylic acid groups (broad SMARTS) is 1. The Balaban J connectivity index is 0.000000129. The van der Waals surface area contributed by atoms with E-state index in [1.807, 2.05) is 30.3 Å². The molecule has 0 bridgehead atoms. The molecule has 0 atom stereocenters. The van der Waals surface area contributed by atoms with Gasteiger partial charge in [0.1, 0.15) is 0 Å². The van der Waals surface area contributed by atoms with Crippen molar-refractivity contribution < 1.29 is 9.90 Å². The zero-order valence-corrected chi connectivity index (χ0v) is 14.2. The third-order valence-corrected chi connectivity index (χ3v) is 4.73. The van der Waals surface area contributed by atoms with Crippen LogP contribution in [-0.4, -0.2) is 11.1 Å². The Morgan fingerprint density at radius 3 is 1.85 bits per heavy atom. The predicted molar refractivity (Wildman–Crippen MR) is 106 cm³/mol. The zero-order valence-electron chi connectivity index (χ0n) is 14.2. The van der Waals surface area contributed by atoms with Crippen molar-refractivity contribution in [1.82, 2.24) is 0 Å². The summed E-state index contributed by atoms with van der Waals surface area (Å²) in [4.78, 5) is 10.8. The molecule has 0 saturated carbocycles. The molecule has 0 aliphatic heterocycles. The number of rotatable bonds is 1. The van der Waals surface area contributed by atoms with Crippen molar-refractivity contribution in [2.75, 3.05) is 0 Å². The lowest BCUT2D eigenvalue weighted by molar-refractivity contribution is 0.0699. The second-order valence-corrected chi connectivity index (χ2v) is 6.32. The van der Waals surface area contributed by atoms with Gasteiger partial charge in [-0.05, 0) is 45.5 Å². The molecule has 1 aliphatic rings. The van der Waals surface area contributed by atoms with E-state index in [9.17, 15) is 4.79 Å². The van der Waals surface area contributed by atoms with E-state index < -0.39 is 5.97 Å². The minimum atomic E-state index is -0.878. The number of aromatic carboxylic acids is 1. The highest BCUT2D eigenvalue weighted by Gasteiger charge is 2.15. The normalized spacial score (nSPS) is 11.2. The van der Waals surface area contributed by atoms with E-state index in [-0.39, 0.29) is 0 Å². The van der Waals surface area contributed by atoms with Crippen LogP contribution in [0.1, 0.15) is 21.5 Å². The van der Waals surface area contributed by atoms with Gasteiger partial charge in [0.15, 0.2) is 0 Å². The molecule has 0 saturated heterocycles.